The molecule has 71 heavy (non-hydrogen) atoms. The van der Waals surface area contributed by atoms with E-state index in [0.717, 1.165) is 77.4 Å². The number of hydrogen-bond donors (Lipinski definition) is 5. The minimum atomic E-state index is -0.250. The van der Waals surface area contributed by atoms with Crippen molar-refractivity contribution in [1.29, 1.82) is 0 Å². The van der Waals surface area contributed by atoms with E-state index in [1.165, 1.54) is 0 Å². The zero-order valence-corrected chi connectivity index (χ0v) is 40.9. The highest BCUT2D eigenvalue weighted by Crippen LogP contribution is 2.32. The Morgan fingerprint density at radius 1 is 0.577 bits per heavy atom. The lowest BCUT2D eigenvalue weighted by molar-refractivity contribution is -0.122. The van der Waals surface area contributed by atoms with Crippen LogP contribution < -0.4 is 21.3 Å². The molecule has 0 bridgehead atoms. The number of carbonyl (C=O) groups is 5. The second-order valence-electron chi connectivity index (χ2n) is 15.8. The molecule has 0 aliphatic rings. The van der Waals surface area contributed by atoms with Crippen LogP contribution in [0.2, 0.25) is 0 Å². The number of aromatic nitrogens is 8. The van der Waals surface area contributed by atoms with Crippen LogP contribution in [-0.2, 0) is 30.7 Å². The van der Waals surface area contributed by atoms with Crippen molar-refractivity contribution in [3.8, 4) is 22.5 Å². The summed E-state index contributed by atoms with van der Waals surface area (Å²) >= 11 is 3.09. The fourth-order valence-corrected chi connectivity index (χ4v) is 10.0. The number of nitrogens with zero attached hydrogens (tertiary/aromatic N) is 8. The summed E-state index contributed by atoms with van der Waals surface area (Å²) in [5.74, 6) is 1.61. The molecule has 362 valence electrons. The van der Waals surface area contributed by atoms with E-state index in [0.29, 0.717) is 48.4 Å². The zero-order valence-electron chi connectivity index (χ0n) is 39.2. The number of carbonyl (C=O) groups excluding carboxylic acids is 4. The maximum atomic E-state index is 12.7. The first-order valence-electron chi connectivity index (χ1n) is 22.7. The van der Waals surface area contributed by atoms with Gasteiger partial charge in [0, 0.05) is 124 Å². The first-order valence-corrected chi connectivity index (χ1v) is 24.3. The van der Waals surface area contributed by atoms with E-state index in [1.54, 1.807) is 73.4 Å². The molecule has 5 N–H and O–H groups in total. The van der Waals surface area contributed by atoms with Crippen LogP contribution in [0.4, 0.5) is 0 Å². The molecule has 0 saturated carbocycles. The van der Waals surface area contributed by atoms with Gasteiger partial charge in [-0.2, -0.15) is 0 Å². The molecule has 0 unspecified atom stereocenters. The Morgan fingerprint density at radius 3 is 1.32 bits per heavy atom. The molecule has 6 heterocycles. The third kappa shape index (κ3) is 10.9. The Morgan fingerprint density at radius 2 is 0.958 bits per heavy atom. The second-order valence-corrected chi connectivity index (χ2v) is 17.9. The summed E-state index contributed by atoms with van der Waals surface area (Å²) in [7, 11) is 3.23. The van der Waals surface area contributed by atoms with Gasteiger partial charge in [0.1, 0.15) is 11.6 Å². The molecule has 0 aliphatic heterocycles. The number of amides is 4. The molecular weight excluding hydrogens is 941 g/mol. The van der Waals surface area contributed by atoms with Crippen molar-refractivity contribution in [3.63, 3.8) is 0 Å². The first kappa shape index (κ1) is 48.9. The summed E-state index contributed by atoms with van der Waals surface area (Å²) in [6.45, 7) is 6.34. The first-order chi connectivity index (χ1) is 34.5. The van der Waals surface area contributed by atoms with Crippen LogP contribution in [0.25, 0.3) is 52.9 Å². The molecule has 0 spiro atoms. The third-order valence-corrected chi connectivity index (χ3v) is 13.6. The van der Waals surface area contributed by atoms with Gasteiger partial charge in [0.2, 0.25) is 0 Å². The predicted molar refractivity (Wildman–Crippen MR) is 275 cm³/mol. The number of carboxylic acid groups (broad SMARTS) is 1. The van der Waals surface area contributed by atoms with Crippen LogP contribution >= 0.6 is 22.7 Å². The number of nitrogens with one attached hydrogen (secondary N) is 4. The van der Waals surface area contributed by atoms with E-state index in [2.05, 4.69) is 54.2 Å². The van der Waals surface area contributed by atoms with Crippen molar-refractivity contribution in [1.82, 2.24) is 59.1 Å². The number of benzene rings is 4. The van der Waals surface area contributed by atoms with E-state index in [1.807, 2.05) is 94.3 Å². The molecule has 0 atom stereocenters. The standard InChI is InChI=1S/2C25H24N6O2S.CH2O2/c2*1-3-22-27-10-12-30(22)13-11-28-24(33)18-8-9-20-21(14-18)34-25-29-19(15-31(20)25)16-4-6-17(7-5-16)23(32)26-2;2-1-3/h2*4-10,12,14-15H,3,11,13H2,1-2H3,(H,26,32)(H,28,33);1H,(H,2,3). The Labute approximate surface area is 415 Å². The molecule has 6 aromatic heterocycles. The maximum Gasteiger partial charge on any atom is 0.290 e. The minimum absolute atomic E-state index is 0.0944. The molecule has 10 aromatic rings. The smallest absolute Gasteiger partial charge is 0.290 e. The quantitative estimate of drug-likeness (QED) is 0.0688. The van der Waals surface area contributed by atoms with E-state index in [-0.39, 0.29) is 30.1 Å². The normalized spacial score (nSPS) is 10.9. The van der Waals surface area contributed by atoms with Gasteiger partial charge in [-0.25, -0.2) is 19.9 Å². The van der Waals surface area contributed by atoms with Crippen molar-refractivity contribution < 1.29 is 29.1 Å². The fraction of sp³-hybridized carbons (Fsp3) is 0.196. The molecule has 20 heteroatoms. The monoisotopic (exact) mass is 990 g/mol. The largest absolute Gasteiger partial charge is 0.483 e. The van der Waals surface area contributed by atoms with Gasteiger partial charge in [-0.15, -0.1) is 0 Å². The number of fused-ring (bicyclic) bond motifs is 6. The average Bonchev–Trinajstić information content (AvgIpc) is 4.27. The zero-order chi connectivity index (χ0) is 50.0. The van der Waals surface area contributed by atoms with Crippen LogP contribution in [0, 0.1) is 0 Å². The summed E-state index contributed by atoms with van der Waals surface area (Å²) in [5.41, 5.74) is 8.04. The Balaban J connectivity index is 0.000000181. The maximum absolute atomic E-state index is 12.7. The number of imidazole rings is 4. The fourth-order valence-electron chi connectivity index (χ4n) is 7.94. The van der Waals surface area contributed by atoms with Crippen LogP contribution in [0.1, 0.15) is 66.9 Å². The van der Waals surface area contributed by atoms with Crippen LogP contribution in [0.15, 0.2) is 122 Å². The average molecular weight is 991 g/mol. The highest BCUT2D eigenvalue weighted by molar-refractivity contribution is 7.24. The van der Waals surface area contributed by atoms with Gasteiger partial charge in [-0.1, -0.05) is 60.8 Å². The van der Waals surface area contributed by atoms with Gasteiger partial charge in [0.15, 0.2) is 9.92 Å². The van der Waals surface area contributed by atoms with Crippen LogP contribution in [0.5, 0.6) is 0 Å². The van der Waals surface area contributed by atoms with Gasteiger partial charge in [0.05, 0.1) is 31.8 Å². The van der Waals surface area contributed by atoms with Crippen LogP contribution in [-0.4, -0.2) is 100 Å². The topological polar surface area (TPSA) is 224 Å². The summed E-state index contributed by atoms with van der Waals surface area (Å²) in [4.78, 5) is 77.1. The molecule has 0 fully saturated rings. The molecular formula is C51H50N12O6S2. The molecule has 18 nitrogen and oxygen atoms in total. The van der Waals surface area contributed by atoms with Crippen molar-refractivity contribution >= 4 is 83.1 Å². The SMILES string of the molecule is CCc1nccn1CCNC(=O)c1ccc2c(c1)sc1nc(-c3ccc(C(=O)NC)cc3)cn12.CCc1nccn1CCNC(=O)c1ccc2c(c1)sc1nc(-c3ccc(C(=O)NC)cc3)cn12.O=CO. The predicted octanol–water partition coefficient (Wildman–Crippen LogP) is 7.23. The molecule has 10 rings (SSSR count). The second kappa shape index (κ2) is 22.3. The van der Waals surface area contributed by atoms with E-state index >= 15 is 0 Å². The third-order valence-electron chi connectivity index (χ3n) is 11.6. The van der Waals surface area contributed by atoms with Gasteiger partial charge < -0.3 is 35.5 Å². The lowest BCUT2D eigenvalue weighted by atomic mass is 10.1. The van der Waals surface area contributed by atoms with Gasteiger partial charge >= 0.3 is 0 Å². The van der Waals surface area contributed by atoms with E-state index in [4.69, 9.17) is 19.9 Å². The Bertz CT molecular complexity index is 3280. The highest BCUT2D eigenvalue weighted by Gasteiger charge is 2.16. The summed E-state index contributed by atoms with van der Waals surface area (Å²) in [5, 5.41) is 18.1. The molecule has 0 radical (unpaired) electrons. The van der Waals surface area contributed by atoms with Crippen molar-refractivity contribution in [2.45, 2.75) is 39.8 Å². The lowest BCUT2D eigenvalue weighted by Gasteiger charge is -2.08. The summed E-state index contributed by atoms with van der Waals surface area (Å²) in [6, 6.07) is 26.2. The van der Waals surface area contributed by atoms with E-state index in [9.17, 15) is 19.2 Å². The van der Waals surface area contributed by atoms with Gasteiger partial charge in [-0.3, -0.25) is 32.8 Å². The number of thiazole rings is 2. The molecule has 4 aromatic carbocycles. The van der Waals surface area contributed by atoms with Crippen molar-refractivity contribution in [2.75, 3.05) is 27.2 Å². The Hall–Kier alpha value is -8.49. The lowest BCUT2D eigenvalue weighted by Crippen LogP contribution is -2.27. The van der Waals surface area contributed by atoms with Gasteiger partial charge in [0.25, 0.3) is 30.1 Å². The summed E-state index contributed by atoms with van der Waals surface area (Å²) < 4.78 is 10.2. The minimum Gasteiger partial charge on any atom is -0.483 e. The van der Waals surface area contributed by atoms with E-state index < -0.39 is 0 Å². The summed E-state index contributed by atoms with van der Waals surface area (Å²) in [6.07, 6.45) is 13.1. The molecule has 0 saturated heterocycles. The van der Waals surface area contributed by atoms with Crippen LogP contribution in [0.3, 0.4) is 0 Å². The molecule has 4 amide bonds. The van der Waals surface area contributed by atoms with Crippen molar-refractivity contribution in [3.05, 3.63) is 156 Å². The highest BCUT2D eigenvalue weighted by atomic mass is 32.1. The molecule has 0 aliphatic carbocycles. The number of hydrogen-bond acceptors (Lipinski definition) is 11. The van der Waals surface area contributed by atoms with Crippen molar-refractivity contribution in [2.24, 2.45) is 0 Å². The Kier molecular flexibility index (Phi) is 15.4. The number of rotatable bonds is 14. The van der Waals surface area contributed by atoms with Gasteiger partial charge in [-0.05, 0) is 60.7 Å². The number of aryl methyl sites for hydroxylation is 2.